The van der Waals surface area contributed by atoms with Crippen molar-refractivity contribution in [2.24, 2.45) is 0 Å². The molecule has 1 atom stereocenters. The Morgan fingerprint density at radius 2 is 2.10 bits per heavy atom. The number of hydrogen-bond acceptors (Lipinski definition) is 1. The molecule has 0 fully saturated rings. The molecule has 0 aliphatic heterocycles. The fraction of sp³-hybridized carbons (Fsp3) is 0.125. The summed E-state index contributed by atoms with van der Waals surface area (Å²) in [6, 6.07) is 9.96. The van der Waals surface area contributed by atoms with Crippen molar-refractivity contribution in [3.8, 4) is 6.07 Å². The maximum atomic E-state index is 8.38. The maximum Gasteiger partial charge on any atom is 0.0669 e. The lowest BCUT2D eigenvalue weighted by molar-refractivity contribution is 1.28. The fourth-order valence-electron chi connectivity index (χ4n) is 0.780. The smallest absolute Gasteiger partial charge is 0.0669 e. The number of rotatable bonds is 1. The molecule has 0 spiro atoms. The molecule has 0 radical (unpaired) electrons. The average Bonchev–Trinajstić information content (AvgIpc) is 1.94. The third-order valence-electron chi connectivity index (χ3n) is 1.32. The van der Waals surface area contributed by atoms with Gasteiger partial charge in [0.15, 0.2) is 0 Å². The molecular formula is C8H8NP. The van der Waals surface area contributed by atoms with Gasteiger partial charge < -0.3 is 0 Å². The molecular weight excluding hydrogens is 141 g/mol. The Morgan fingerprint density at radius 1 is 1.40 bits per heavy atom. The Morgan fingerprint density at radius 3 is 2.70 bits per heavy atom. The van der Waals surface area contributed by atoms with Crippen LogP contribution in [0.3, 0.4) is 0 Å². The van der Waals surface area contributed by atoms with E-state index in [-0.39, 0.29) is 0 Å². The first kappa shape index (κ1) is 7.25. The SMILES string of the molecule is N#CCc1ccccc1P. The van der Waals surface area contributed by atoms with E-state index in [0.717, 1.165) is 10.9 Å². The van der Waals surface area contributed by atoms with E-state index in [4.69, 9.17) is 5.26 Å². The van der Waals surface area contributed by atoms with Crippen LogP contribution in [0.2, 0.25) is 0 Å². The Kier molecular flexibility index (Phi) is 2.42. The molecule has 0 N–H and O–H groups in total. The number of hydrogen-bond donors (Lipinski definition) is 0. The largest absolute Gasteiger partial charge is 0.198 e. The summed E-state index contributed by atoms with van der Waals surface area (Å²) in [5.74, 6) is 0. The molecule has 10 heavy (non-hydrogen) atoms. The third-order valence-corrected chi connectivity index (χ3v) is 1.89. The van der Waals surface area contributed by atoms with Gasteiger partial charge in [-0.15, -0.1) is 9.24 Å². The molecule has 1 unspecified atom stereocenters. The van der Waals surface area contributed by atoms with E-state index in [1.54, 1.807) is 0 Å². The predicted octanol–water partition coefficient (Wildman–Crippen LogP) is 1.25. The predicted molar refractivity (Wildman–Crippen MR) is 45.1 cm³/mol. The molecule has 2 heteroatoms. The van der Waals surface area contributed by atoms with Crippen LogP contribution in [-0.2, 0) is 6.42 Å². The highest BCUT2D eigenvalue weighted by Gasteiger charge is 1.92. The van der Waals surface area contributed by atoms with E-state index in [0.29, 0.717) is 6.42 Å². The lowest BCUT2D eigenvalue weighted by atomic mass is 10.2. The lowest BCUT2D eigenvalue weighted by Gasteiger charge is -1.96. The van der Waals surface area contributed by atoms with Crippen molar-refractivity contribution in [2.75, 3.05) is 0 Å². The molecule has 0 bridgehead atoms. The lowest BCUT2D eigenvalue weighted by Crippen LogP contribution is -1.98. The van der Waals surface area contributed by atoms with E-state index in [9.17, 15) is 0 Å². The zero-order valence-corrected chi connectivity index (χ0v) is 6.70. The van der Waals surface area contributed by atoms with E-state index in [2.05, 4.69) is 15.3 Å². The normalized spacial score (nSPS) is 8.80. The summed E-state index contributed by atoms with van der Waals surface area (Å²) in [7, 11) is 2.61. The van der Waals surface area contributed by atoms with Crippen LogP contribution in [0.4, 0.5) is 0 Å². The Labute approximate surface area is 62.9 Å². The van der Waals surface area contributed by atoms with Gasteiger partial charge >= 0.3 is 0 Å². The van der Waals surface area contributed by atoms with Crippen molar-refractivity contribution in [2.45, 2.75) is 6.42 Å². The topological polar surface area (TPSA) is 23.8 Å². The van der Waals surface area contributed by atoms with Crippen LogP contribution in [0.5, 0.6) is 0 Å². The zero-order chi connectivity index (χ0) is 7.40. The molecule has 0 aromatic heterocycles. The van der Waals surface area contributed by atoms with Crippen molar-refractivity contribution in [3.05, 3.63) is 29.8 Å². The zero-order valence-electron chi connectivity index (χ0n) is 5.54. The first-order valence-corrected chi connectivity index (χ1v) is 3.62. The van der Waals surface area contributed by atoms with Crippen molar-refractivity contribution >= 4 is 14.5 Å². The highest BCUT2D eigenvalue weighted by molar-refractivity contribution is 7.27. The molecule has 0 heterocycles. The van der Waals surface area contributed by atoms with E-state index < -0.39 is 0 Å². The fourth-order valence-corrected chi connectivity index (χ4v) is 1.09. The van der Waals surface area contributed by atoms with Crippen LogP contribution in [0, 0.1) is 11.3 Å². The molecule has 1 aromatic rings. The minimum Gasteiger partial charge on any atom is -0.198 e. The summed E-state index contributed by atoms with van der Waals surface area (Å²) in [4.78, 5) is 0. The molecule has 1 aromatic carbocycles. The number of nitrogens with zero attached hydrogens (tertiary/aromatic N) is 1. The Balaban J connectivity index is 2.94. The van der Waals surface area contributed by atoms with Gasteiger partial charge in [-0.25, -0.2) is 0 Å². The summed E-state index contributed by atoms with van der Waals surface area (Å²) >= 11 is 0. The average molecular weight is 149 g/mol. The minimum absolute atomic E-state index is 0.500. The summed E-state index contributed by atoms with van der Waals surface area (Å²) in [5.41, 5.74) is 1.09. The van der Waals surface area contributed by atoms with Crippen molar-refractivity contribution in [3.63, 3.8) is 0 Å². The second kappa shape index (κ2) is 3.34. The number of nitriles is 1. The second-order valence-corrected chi connectivity index (χ2v) is 2.66. The van der Waals surface area contributed by atoms with Gasteiger partial charge in [0.2, 0.25) is 0 Å². The van der Waals surface area contributed by atoms with Crippen LogP contribution in [-0.4, -0.2) is 0 Å². The first-order chi connectivity index (χ1) is 4.84. The van der Waals surface area contributed by atoms with Gasteiger partial charge in [-0.05, 0) is 10.9 Å². The highest BCUT2D eigenvalue weighted by atomic mass is 31.0. The monoisotopic (exact) mass is 149 g/mol. The van der Waals surface area contributed by atoms with Crippen molar-refractivity contribution in [1.82, 2.24) is 0 Å². The molecule has 0 saturated heterocycles. The molecule has 0 aliphatic carbocycles. The second-order valence-electron chi connectivity index (χ2n) is 2.03. The Hall–Kier alpha value is -0.860. The summed E-state index contributed by atoms with van der Waals surface area (Å²) in [6.45, 7) is 0. The van der Waals surface area contributed by atoms with Gasteiger partial charge in [0.25, 0.3) is 0 Å². The van der Waals surface area contributed by atoms with Crippen molar-refractivity contribution in [1.29, 1.82) is 5.26 Å². The van der Waals surface area contributed by atoms with Crippen LogP contribution in [0.15, 0.2) is 24.3 Å². The van der Waals surface area contributed by atoms with Crippen molar-refractivity contribution < 1.29 is 0 Å². The molecule has 0 aliphatic rings. The highest BCUT2D eigenvalue weighted by Crippen LogP contribution is 1.99. The quantitative estimate of drug-likeness (QED) is 0.551. The molecule has 1 rings (SSSR count). The Bertz CT molecular complexity index is 262. The van der Waals surface area contributed by atoms with Crippen LogP contribution >= 0.6 is 9.24 Å². The van der Waals surface area contributed by atoms with E-state index in [1.165, 1.54) is 0 Å². The summed E-state index contributed by atoms with van der Waals surface area (Å²) < 4.78 is 0. The summed E-state index contributed by atoms with van der Waals surface area (Å²) in [6.07, 6.45) is 0.500. The van der Waals surface area contributed by atoms with E-state index >= 15 is 0 Å². The van der Waals surface area contributed by atoms with Gasteiger partial charge in [-0.1, -0.05) is 24.3 Å². The maximum absolute atomic E-state index is 8.38. The molecule has 0 saturated carbocycles. The van der Waals surface area contributed by atoms with Gasteiger partial charge in [-0.3, -0.25) is 0 Å². The number of benzene rings is 1. The van der Waals surface area contributed by atoms with Gasteiger partial charge in [0, 0.05) is 0 Å². The standard InChI is InChI=1S/C8H8NP/c9-6-5-7-3-1-2-4-8(7)10/h1-4H,5,10H2. The molecule has 50 valence electrons. The van der Waals surface area contributed by atoms with Gasteiger partial charge in [0.05, 0.1) is 12.5 Å². The third kappa shape index (κ3) is 1.56. The first-order valence-electron chi connectivity index (χ1n) is 3.05. The van der Waals surface area contributed by atoms with Gasteiger partial charge in [0.1, 0.15) is 0 Å². The molecule has 1 nitrogen and oxygen atoms in total. The van der Waals surface area contributed by atoms with Crippen LogP contribution in [0.1, 0.15) is 5.56 Å². The van der Waals surface area contributed by atoms with Crippen LogP contribution < -0.4 is 5.30 Å². The van der Waals surface area contributed by atoms with E-state index in [1.807, 2.05) is 24.3 Å². The summed E-state index contributed by atoms with van der Waals surface area (Å²) in [5, 5.41) is 9.50. The molecule has 0 amide bonds. The van der Waals surface area contributed by atoms with Gasteiger partial charge in [-0.2, -0.15) is 5.26 Å². The van der Waals surface area contributed by atoms with Crippen LogP contribution in [0.25, 0.3) is 0 Å². The minimum atomic E-state index is 0.500.